The summed E-state index contributed by atoms with van der Waals surface area (Å²) in [5.41, 5.74) is 15.6. The van der Waals surface area contributed by atoms with Gasteiger partial charge in [0, 0.05) is 25.0 Å². The molecule has 0 aromatic heterocycles. The van der Waals surface area contributed by atoms with Crippen LogP contribution in [0.1, 0.15) is 196 Å². The monoisotopic (exact) mass is 893 g/mol. The van der Waals surface area contributed by atoms with Crippen molar-refractivity contribution in [3.05, 3.63) is 163 Å². The number of aromatic hydroxyl groups is 2. The van der Waals surface area contributed by atoms with E-state index in [9.17, 15) is 10.2 Å². The third-order valence-electron chi connectivity index (χ3n) is 13.3. The molecule has 4 atom stereocenters. The first kappa shape index (κ1) is 50.1. The maximum absolute atomic E-state index is 11.2. The van der Waals surface area contributed by atoms with E-state index < -0.39 is 0 Å². The van der Waals surface area contributed by atoms with Gasteiger partial charge in [0.2, 0.25) is 0 Å². The third-order valence-corrected chi connectivity index (χ3v) is 13.3. The van der Waals surface area contributed by atoms with Crippen LogP contribution in [0.15, 0.2) is 84.9 Å². The molecule has 0 heterocycles. The molecular weight excluding hydrogens is 817 g/mol. The van der Waals surface area contributed by atoms with E-state index in [1.54, 1.807) is 0 Å². The summed E-state index contributed by atoms with van der Waals surface area (Å²) in [4.78, 5) is 0. The van der Waals surface area contributed by atoms with Crippen molar-refractivity contribution in [1.29, 1.82) is 0 Å². The van der Waals surface area contributed by atoms with Gasteiger partial charge in [-0.1, -0.05) is 116 Å². The van der Waals surface area contributed by atoms with Gasteiger partial charge in [-0.2, -0.15) is 0 Å². The van der Waals surface area contributed by atoms with Gasteiger partial charge in [-0.3, -0.25) is 0 Å². The largest absolute Gasteiger partial charge is 0.508 e. The number of phenolic OH excluding ortho intramolecular Hbond substituents is 2. The maximum Gasteiger partial charge on any atom is 0.196 e. The van der Waals surface area contributed by atoms with Crippen LogP contribution in [0.2, 0.25) is 0 Å². The molecule has 6 heteroatoms. The Bertz CT molecular complexity index is 2470. The molecule has 2 N–H and O–H groups in total. The van der Waals surface area contributed by atoms with E-state index in [0.717, 1.165) is 66.8 Å². The lowest BCUT2D eigenvalue weighted by molar-refractivity contribution is -0.0622. The van der Waals surface area contributed by atoms with Crippen molar-refractivity contribution < 1.29 is 29.2 Å². The second kappa shape index (κ2) is 21.1. The van der Waals surface area contributed by atoms with Gasteiger partial charge < -0.3 is 29.2 Å². The van der Waals surface area contributed by atoms with Crippen molar-refractivity contribution in [2.24, 2.45) is 0 Å². The fraction of sp³-hybridized carbons (Fsp3) is 0.433. The zero-order valence-electron chi connectivity index (χ0n) is 42.6. The van der Waals surface area contributed by atoms with Crippen molar-refractivity contribution in [3.8, 4) is 23.0 Å². The van der Waals surface area contributed by atoms with E-state index in [1.165, 1.54) is 33.4 Å². The smallest absolute Gasteiger partial charge is 0.196 e. The molecule has 6 rings (SSSR count). The Hall–Kier alpha value is -5.30. The Morgan fingerprint density at radius 1 is 0.379 bits per heavy atom. The van der Waals surface area contributed by atoms with E-state index in [4.69, 9.17) is 18.9 Å². The minimum Gasteiger partial charge on any atom is -0.508 e. The van der Waals surface area contributed by atoms with Gasteiger partial charge in [-0.05, 0) is 192 Å². The zero-order chi connectivity index (χ0) is 48.3. The normalized spacial score (nSPS) is 13.8. The summed E-state index contributed by atoms with van der Waals surface area (Å²) in [5, 5.41) is 24.6. The number of rotatable bonds is 18. The van der Waals surface area contributed by atoms with Crippen LogP contribution < -0.4 is 9.47 Å². The van der Waals surface area contributed by atoms with Crippen LogP contribution in [-0.2, 0) is 9.47 Å². The Kier molecular flexibility index (Phi) is 16.0. The van der Waals surface area contributed by atoms with Gasteiger partial charge in [-0.25, -0.2) is 0 Å². The number of phenols is 2. The summed E-state index contributed by atoms with van der Waals surface area (Å²) >= 11 is 0. The second-order valence-electron chi connectivity index (χ2n) is 19.7. The van der Waals surface area contributed by atoms with E-state index in [1.807, 2.05) is 39.8 Å². The minimum atomic E-state index is -0.370. The Morgan fingerprint density at radius 3 is 0.985 bits per heavy atom. The SMILES string of the molecule is CCOC(C)Oc1cc(C)c(C(c2ccc3cc(C(c4cc(C(C)C)c(O)cc4C)c4cc(C(C)C)c(OC(C)OCC)cc4C)ccc3c2)c2cc(C(C)C)c(O)cc2C)cc1C(C)C. The molecule has 0 aliphatic rings. The molecule has 0 bridgehead atoms. The molecular formula is C60H76O6. The first-order valence-electron chi connectivity index (χ1n) is 24.3. The molecule has 6 aromatic carbocycles. The predicted molar refractivity (Wildman–Crippen MR) is 274 cm³/mol. The first-order valence-corrected chi connectivity index (χ1v) is 24.3. The Labute approximate surface area is 396 Å². The predicted octanol–water partition coefficient (Wildman–Crippen LogP) is 15.9. The summed E-state index contributed by atoms with van der Waals surface area (Å²) in [6.45, 7) is 35.0. The zero-order valence-corrected chi connectivity index (χ0v) is 42.6. The molecule has 0 saturated carbocycles. The van der Waals surface area contributed by atoms with E-state index in [-0.39, 0.29) is 48.1 Å². The highest BCUT2D eigenvalue weighted by Crippen LogP contribution is 2.46. The second-order valence-corrected chi connectivity index (χ2v) is 19.7. The number of hydrogen-bond acceptors (Lipinski definition) is 6. The molecule has 0 aliphatic carbocycles. The van der Waals surface area contributed by atoms with Gasteiger partial charge in [-0.15, -0.1) is 0 Å². The fourth-order valence-corrected chi connectivity index (χ4v) is 9.75. The summed E-state index contributed by atoms with van der Waals surface area (Å²) in [7, 11) is 0. The lowest BCUT2D eigenvalue weighted by atomic mass is 9.77. The fourth-order valence-electron chi connectivity index (χ4n) is 9.75. The molecule has 0 spiro atoms. The number of fused-ring (bicyclic) bond motifs is 1. The third kappa shape index (κ3) is 10.8. The molecule has 0 radical (unpaired) electrons. The van der Waals surface area contributed by atoms with Crippen LogP contribution in [0, 0.1) is 27.7 Å². The van der Waals surface area contributed by atoms with Crippen LogP contribution in [0.5, 0.6) is 23.0 Å². The van der Waals surface area contributed by atoms with Crippen molar-refractivity contribution in [1.82, 2.24) is 0 Å². The van der Waals surface area contributed by atoms with Crippen LogP contribution in [-0.4, -0.2) is 36.0 Å². The maximum atomic E-state index is 11.2. The van der Waals surface area contributed by atoms with Crippen molar-refractivity contribution >= 4 is 10.8 Å². The highest BCUT2D eigenvalue weighted by atomic mass is 16.7. The lowest BCUT2D eigenvalue weighted by Crippen LogP contribution is -2.18. The highest BCUT2D eigenvalue weighted by molar-refractivity contribution is 5.85. The van der Waals surface area contributed by atoms with E-state index in [0.29, 0.717) is 24.7 Å². The molecule has 66 heavy (non-hydrogen) atoms. The van der Waals surface area contributed by atoms with Gasteiger partial charge in [0.1, 0.15) is 23.0 Å². The first-order chi connectivity index (χ1) is 31.2. The van der Waals surface area contributed by atoms with Gasteiger partial charge in [0.15, 0.2) is 12.6 Å². The van der Waals surface area contributed by atoms with Gasteiger partial charge >= 0.3 is 0 Å². The van der Waals surface area contributed by atoms with E-state index in [2.05, 4.69) is 156 Å². The topological polar surface area (TPSA) is 77.4 Å². The summed E-state index contributed by atoms with van der Waals surface area (Å²) in [6, 6.07) is 31.2. The molecule has 6 nitrogen and oxygen atoms in total. The lowest BCUT2D eigenvalue weighted by Gasteiger charge is -2.28. The molecule has 6 aromatic rings. The van der Waals surface area contributed by atoms with Crippen molar-refractivity contribution in [2.75, 3.05) is 13.2 Å². The Morgan fingerprint density at radius 2 is 0.682 bits per heavy atom. The number of benzene rings is 6. The highest BCUT2D eigenvalue weighted by Gasteiger charge is 2.28. The van der Waals surface area contributed by atoms with Crippen molar-refractivity contribution in [3.63, 3.8) is 0 Å². The van der Waals surface area contributed by atoms with Crippen LogP contribution in [0.3, 0.4) is 0 Å². The molecule has 0 aliphatic heterocycles. The summed E-state index contributed by atoms with van der Waals surface area (Å²) < 4.78 is 24.5. The average molecular weight is 893 g/mol. The van der Waals surface area contributed by atoms with Crippen LogP contribution in [0.25, 0.3) is 10.8 Å². The number of ether oxygens (including phenoxy) is 4. The quantitative estimate of drug-likeness (QED) is 0.0661. The van der Waals surface area contributed by atoms with Crippen LogP contribution >= 0.6 is 0 Å². The molecule has 0 saturated heterocycles. The number of hydrogen-bond donors (Lipinski definition) is 2. The van der Waals surface area contributed by atoms with E-state index >= 15 is 0 Å². The molecule has 0 amide bonds. The standard InChI is InChI=1S/C60H76O6/c1-17-63-41(15)65-57-25-39(13)53(31-49(57)35(7)8)59(51-29-47(33(3)4)55(61)23-37(51)11)45-21-19-44-28-46(22-20-43(44)27-45)60(52-30-48(34(5)6)56(62)24-38(52)12)54-32-50(36(9)10)58(26-40(54)14)66-42(16)64-18-2/h19-36,41-42,59-62H,17-18H2,1-16H3. The van der Waals surface area contributed by atoms with Gasteiger partial charge in [0.25, 0.3) is 0 Å². The van der Waals surface area contributed by atoms with Crippen molar-refractivity contribution in [2.45, 2.75) is 159 Å². The molecule has 0 fully saturated rings. The summed E-state index contributed by atoms with van der Waals surface area (Å²) in [5.74, 6) is 2.84. The number of aryl methyl sites for hydroxylation is 4. The molecule has 4 unspecified atom stereocenters. The molecule has 352 valence electrons. The Balaban J connectivity index is 1.58. The van der Waals surface area contributed by atoms with Crippen LogP contribution in [0.4, 0.5) is 0 Å². The average Bonchev–Trinajstić information content (AvgIpc) is 3.23. The minimum absolute atomic E-state index is 0.117. The van der Waals surface area contributed by atoms with Gasteiger partial charge in [0.05, 0.1) is 0 Å². The summed E-state index contributed by atoms with van der Waals surface area (Å²) in [6.07, 6.45) is -0.739.